The highest BCUT2D eigenvalue weighted by molar-refractivity contribution is 5.85. The molecule has 7 heteroatoms. The van der Waals surface area contributed by atoms with Crippen molar-refractivity contribution in [2.45, 2.75) is 20.4 Å². The van der Waals surface area contributed by atoms with Crippen LogP contribution in [-0.2, 0) is 6.54 Å². The number of nitrogens with one attached hydrogen (secondary N) is 1. The molecule has 0 spiro atoms. The zero-order valence-corrected chi connectivity index (χ0v) is 16.1. The van der Waals surface area contributed by atoms with Crippen LogP contribution >= 0.6 is 0 Å². The van der Waals surface area contributed by atoms with Crippen LogP contribution in [0.1, 0.15) is 16.7 Å². The molecule has 3 aromatic heterocycles. The van der Waals surface area contributed by atoms with Gasteiger partial charge >= 0.3 is 0 Å². The third kappa shape index (κ3) is 3.10. The van der Waals surface area contributed by atoms with Crippen molar-refractivity contribution in [1.29, 1.82) is 0 Å². The van der Waals surface area contributed by atoms with E-state index in [9.17, 15) is 4.39 Å². The molecule has 5 rings (SSSR count). The van der Waals surface area contributed by atoms with Crippen molar-refractivity contribution < 1.29 is 4.39 Å². The Balaban J connectivity index is 1.47. The van der Waals surface area contributed by atoms with Gasteiger partial charge in [0.05, 0.1) is 18.3 Å². The highest BCUT2D eigenvalue weighted by Gasteiger charge is 2.11. The summed E-state index contributed by atoms with van der Waals surface area (Å²) in [5, 5.41) is 13.2. The molecule has 1 N–H and O–H groups in total. The van der Waals surface area contributed by atoms with Gasteiger partial charge in [-0.15, -0.1) is 0 Å². The molecule has 6 nitrogen and oxygen atoms in total. The van der Waals surface area contributed by atoms with E-state index in [4.69, 9.17) is 0 Å². The van der Waals surface area contributed by atoms with Gasteiger partial charge in [0.15, 0.2) is 5.82 Å². The number of nitrogens with zero attached hydrogens (tertiary/aromatic N) is 5. The Morgan fingerprint density at radius 3 is 2.83 bits per heavy atom. The van der Waals surface area contributed by atoms with Gasteiger partial charge in [0.2, 0.25) is 0 Å². The molecule has 0 unspecified atom stereocenters. The SMILES string of the molecule is Cc1cn2ncnc(Nc3ccc4c(cnn4Cc4cccc(F)c4)c3)c2c1C. The quantitative estimate of drug-likeness (QED) is 0.489. The van der Waals surface area contributed by atoms with Crippen molar-refractivity contribution in [3.63, 3.8) is 0 Å². The molecule has 3 heterocycles. The summed E-state index contributed by atoms with van der Waals surface area (Å²) in [5.41, 5.74) is 6.07. The lowest BCUT2D eigenvalue weighted by atomic mass is 10.2. The van der Waals surface area contributed by atoms with Crippen molar-refractivity contribution in [2.75, 3.05) is 5.32 Å². The molecule has 0 radical (unpaired) electrons. The summed E-state index contributed by atoms with van der Waals surface area (Å²) in [6.45, 7) is 4.65. The minimum Gasteiger partial charge on any atom is -0.338 e. The van der Waals surface area contributed by atoms with E-state index in [0.29, 0.717) is 6.54 Å². The van der Waals surface area contributed by atoms with Crippen LogP contribution in [0.4, 0.5) is 15.9 Å². The standard InChI is InChI=1S/C22H19FN6/c1-14-11-29-21(15(14)2)22(24-13-26-29)27-19-6-7-20-17(9-19)10-25-28(20)12-16-4-3-5-18(23)8-16/h3-11,13H,12H2,1-2H3,(H,24,26,27). The predicted octanol–water partition coefficient (Wildman–Crippen LogP) is 4.63. The van der Waals surface area contributed by atoms with Gasteiger partial charge < -0.3 is 5.32 Å². The van der Waals surface area contributed by atoms with Gasteiger partial charge in [-0.25, -0.2) is 13.9 Å². The molecule has 0 fully saturated rings. The molecule has 0 saturated heterocycles. The number of aryl methyl sites for hydroxylation is 2. The van der Waals surface area contributed by atoms with Crippen molar-refractivity contribution >= 4 is 27.9 Å². The molecule has 0 atom stereocenters. The van der Waals surface area contributed by atoms with Crippen LogP contribution in [0.25, 0.3) is 16.4 Å². The minimum absolute atomic E-state index is 0.238. The third-order valence-electron chi connectivity index (χ3n) is 5.20. The van der Waals surface area contributed by atoms with Gasteiger partial charge in [0.25, 0.3) is 0 Å². The van der Waals surface area contributed by atoms with Gasteiger partial charge in [-0.3, -0.25) is 4.68 Å². The first-order chi connectivity index (χ1) is 14.1. The Morgan fingerprint density at radius 2 is 1.97 bits per heavy atom. The molecule has 144 valence electrons. The van der Waals surface area contributed by atoms with Crippen molar-refractivity contribution in [3.8, 4) is 0 Å². The molecule has 2 aromatic carbocycles. The van der Waals surface area contributed by atoms with E-state index in [2.05, 4.69) is 34.3 Å². The molecule has 0 aliphatic heterocycles. The first-order valence-electron chi connectivity index (χ1n) is 9.35. The summed E-state index contributed by atoms with van der Waals surface area (Å²) in [5.74, 6) is 0.523. The second-order valence-electron chi connectivity index (χ2n) is 7.17. The fourth-order valence-corrected chi connectivity index (χ4v) is 3.61. The number of rotatable bonds is 4. The second kappa shape index (κ2) is 6.70. The van der Waals surface area contributed by atoms with E-state index in [0.717, 1.165) is 39.1 Å². The Hall–Kier alpha value is -3.74. The summed E-state index contributed by atoms with van der Waals surface area (Å²) in [7, 11) is 0. The molecule has 0 aliphatic carbocycles. The fourth-order valence-electron chi connectivity index (χ4n) is 3.61. The summed E-state index contributed by atoms with van der Waals surface area (Å²) >= 11 is 0. The van der Waals surface area contributed by atoms with Crippen molar-refractivity contribution in [1.82, 2.24) is 24.4 Å². The van der Waals surface area contributed by atoms with Crippen LogP contribution in [0.15, 0.2) is 61.2 Å². The number of hydrogen-bond donors (Lipinski definition) is 1. The highest BCUT2D eigenvalue weighted by atomic mass is 19.1. The third-order valence-corrected chi connectivity index (χ3v) is 5.20. The predicted molar refractivity (Wildman–Crippen MR) is 111 cm³/mol. The lowest BCUT2D eigenvalue weighted by Gasteiger charge is -2.09. The maximum absolute atomic E-state index is 13.5. The van der Waals surface area contributed by atoms with Crippen LogP contribution in [0.3, 0.4) is 0 Å². The molecule has 0 aliphatic rings. The van der Waals surface area contributed by atoms with E-state index in [1.807, 2.05) is 45.9 Å². The molecule has 0 amide bonds. The summed E-state index contributed by atoms with van der Waals surface area (Å²) in [6, 6.07) is 12.6. The Labute approximate surface area is 166 Å². The number of benzene rings is 2. The van der Waals surface area contributed by atoms with Crippen molar-refractivity contribution in [2.24, 2.45) is 0 Å². The average Bonchev–Trinajstić information content (AvgIpc) is 3.23. The summed E-state index contributed by atoms with van der Waals surface area (Å²) < 4.78 is 17.2. The van der Waals surface area contributed by atoms with E-state index in [1.54, 1.807) is 12.4 Å². The first kappa shape index (κ1) is 17.4. The van der Waals surface area contributed by atoms with E-state index in [1.165, 1.54) is 17.7 Å². The van der Waals surface area contributed by atoms with E-state index < -0.39 is 0 Å². The lowest BCUT2D eigenvalue weighted by molar-refractivity contribution is 0.621. The first-order valence-corrected chi connectivity index (χ1v) is 9.35. The van der Waals surface area contributed by atoms with E-state index >= 15 is 0 Å². The van der Waals surface area contributed by atoms with Gasteiger partial charge in [-0.2, -0.15) is 10.2 Å². The Kier molecular flexibility index (Phi) is 4.01. The van der Waals surface area contributed by atoms with Gasteiger partial charge in [0, 0.05) is 17.3 Å². The summed E-state index contributed by atoms with van der Waals surface area (Å²) in [4.78, 5) is 4.43. The molecular formula is C22H19FN6. The number of fused-ring (bicyclic) bond motifs is 2. The molecule has 5 aromatic rings. The van der Waals surface area contributed by atoms with Crippen LogP contribution in [0.5, 0.6) is 0 Å². The van der Waals surface area contributed by atoms with Crippen LogP contribution in [-0.4, -0.2) is 24.4 Å². The van der Waals surface area contributed by atoms with E-state index in [-0.39, 0.29) is 5.82 Å². The number of hydrogen-bond acceptors (Lipinski definition) is 4. The second-order valence-corrected chi connectivity index (χ2v) is 7.17. The van der Waals surface area contributed by atoms with Crippen LogP contribution in [0, 0.1) is 19.7 Å². The maximum atomic E-state index is 13.5. The van der Waals surface area contributed by atoms with Crippen LogP contribution < -0.4 is 5.32 Å². The van der Waals surface area contributed by atoms with Gasteiger partial charge in [-0.1, -0.05) is 12.1 Å². The van der Waals surface area contributed by atoms with Gasteiger partial charge in [0.1, 0.15) is 17.7 Å². The van der Waals surface area contributed by atoms with Crippen LogP contribution in [0.2, 0.25) is 0 Å². The summed E-state index contributed by atoms with van der Waals surface area (Å²) in [6.07, 6.45) is 5.36. The van der Waals surface area contributed by atoms with Gasteiger partial charge in [-0.05, 0) is 60.9 Å². The largest absolute Gasteiger partial charge is 0.338 e. The number of halogens is 1. The van der Waals surface area contributed by atoms with Crippen molar-refractivity contribution in [3.05, 3.63) is 83.7 Å². The molecular weight excluding hydrogens is 367 g/mol. The fraction of sp³-hybridized carbons (Fsp3) is 0.136. The highest BCUT2D eigenvalue weighted by Crippen LogP contribution is 2.27. The topological polar surface area (TPSA) is 60.0 Å². The zero-order chi connectivity index (χ0) is 20.0. The number of anilines is 2. The molecule has 29 heavy (non-hydrogen) atoms. The average molecular weight is 386 g/mol. The Bertz CT molecular complexity index is 1350. The minimum atomic E-state index is -0.238. The smallest absolute Gasteiger partial charge is 0.158 e. The maximum Gasteiger partial charge on any atom is 0.158 e. The molecule has 0 bridgehead atoms. The normalized spacial score (nSPS) is 11.4. The monoisotopic (exact) mass is 386 g/mol. The molecule has 0 saturated carbocycles. The zero-order valence-electron chi connectivity index (χ0n) is 16.1. The number of aromatic nitrogens is 5. The Morgan fingerprint density at radius 1 is 1.07 bits per heavy atom. The lowest BCUT2D eigenvalue weighted by Crippen LogP contribution is -2.02.